The van der Waals surface area contributed by atoms with Crippen LogP contribution in [0.3, 0.4) is 0 Å². The summed E-state index contributed by atoms with van der Waals surface area (Å²) >= 11 is 0. The lowest BCUT2D eigenvalue weighted by Gasteiger charge is -2.22. The largest absolute Gasteiger partial charge is 0.314 e. The SMILES string of the molecule is CC1CCCN(CCCC(C)(N)C#N)CC1. The maximum Gasteiger partial charge on any atom is 0.101 e. The fourth-order valence-electron chi connectivity index (χ4n) is 2.27. The van der Waals surface area contributed by atoms with Gasteiger partial charge in [0.05, 0.1) is 6.07 Å². The summed E-state index contributed by atoms with van der Waals surface area (Å²) in [6.07, 6.45) is 5.84. The van der Waals surface area contributed by atoms with Gasteiger partial charge in [0.25, 0.3) is 0 Å². The Kier molecular flexibility index (Phi) is 5.24. The van der Waals surface area contributed by atoms with Gasteiger partial charge in [0, 0.05) is 0 Å². The molecule has 1 fully saturated rings. The summed E-state index contributed by atoms with van der Waals surface area (Å²) in [4.78, 5) is 2.52. The lowest BCUT2D eigenvalue weighted by atomic mass is 9.99. The highest BCUT2D eigenvalue weighted by Gasteiger charge is 2.18. The Balaban J connectivity index is 2.20. The van der Waals surface area contributed by atoms with Crippen LogP contribution in [0.25, 0.3) is 0 Å². The van der Waals surface area contributed by atoms with E-state index in [1.54, 1.807) is 0 Å². The molecule has 3 heteroatoms. The van der Waals surface area contributed by atoms with Gasteiger partial charge in [0.2, 0.25) is 0 Å². The van der Waals surface area contributed by atoms with E-state index in [0.717, 1.165) is 25.3 Å². The second-order valence-corrected chi connectivity index (χ2v) is 5.51. The minimum atomic E-state index is -0.640. The van der Waals surface area contributed by atoms with Gasteiger partial charge in [-0.05, 0) is 64.6 Å². The predicted molar refractivity (Wildman–Crippen MR) is 66.9 cm³/mol. The van der Waals surface area contributed by atoms with Crippen LogP contribution in [0, 0.1) is 17.2 Å². The average molecular weight is 223 g/mol. The van der Waals surface area contributed by atoms with E-state index >= 15 is 0 Å². The first-order valence-corrected chi connectivity index (χ1v) is 6.46. The predicted octanol–water partition coefficient (Wildman–Crippen LogP) is 2.13. The van der Waals surface area contributed by atoms with Crippen molar-refractivity contribution in [2.75, 3.05) is 19.6 Å². The van der Waals surface area contributed by atoms with Crippen LogP contribution in [0.1, 0.15) is 46.0 Å². The molecule has 0 aromatic heterocycles. The molecule has 1 heterocycles. The summed E-state index contributed by atoms with van der Waals surface area (Å²) in [5.74, 6) is 0.879. The number of likely N-dealkylation sites (tertiary alicyclic amines) is 1. The highest BCUT2D eigenvalue weighted by atomic mass is 15.1. The monoisotopic (exact) mass is 223 g/mol. The van der Waals surface area contributed by atoms with Crippen molar-refractivity contribution in [2.24, 2.45) is 11.7 Å². The van der Waals surface area contributed by atoms with Crippen molar-refractivity contribution >= 4 is 0 Å². The summed E-state index contributed by atoms with van der Waals surface area (Å²) in [5.41, 5.74) is 5.17. The van der Waals surface area contributed by atoms with Crippen LogP contribution in [0.15, 0.2) is 0 Å². The molecular formula is C13H25N3. The molecule has 0 aromatic carbocycles. The Bertz CT molecular complexity index is 242. The van der Waals surface area contributed by atoms with E-state index in [0.29, 0.717) is 0 Å². The molecule has 1 rings (SSSR count). The van der Waals surface area contributed by atoms with Crippen LogP contribution in [-0.2, 0) is 0 Å². The zero-order chi connectivity index (χ0) is 12.0. The molecule has 2 N–H and O–H groups in total. The number of nitrogens with zero attached hydrogens (tertiary/aromatic N) is 2. The third-order valence-electron chi connectivity index (χ3n) is 3.54. The number of hydrogen-bond acceptors (Lipinski definition) is 3. The summed E-state index contributed by atoms with van der Waals surface area (Å²) in [6, 6.07) is 2.16. The Morgan fingerprint density at radius 1 is 1.44 bits per heavy atom. The van der Waals surface area contributed by atoms with E-state index in [1.165, 1.54) is 32.4 Å². The van der Waals surface area contributed by atoms with Crippen LogP contribution >= 0.6 is 0 Å². The maximum absolute atomic E-state index is 8.82. The summed E-state index contributed by atoms with van der Waals surface area (Å²) < 4.78 is 0. The van der Waals surface area contributed by atoms with Crippen LogP contribution in [0.4, 0.5) is 0 Å². The molecule has 1 aliphatic heterocycles. The third kappa shape index (κ3) is 4.96. The lowest BCUT2D eigenvalue weighted by Crippen LogP contribution is -2.35. The van der Waals surface area contributed by atoms with Gasteiger partial charge in [0.15, 0.2) is 0 Å². The average Bonchev–Trinajstić information content (AvgIpc) is 2.44. The molecule has 92 valence electrons. The summed E-state index contributed by atoms with van der Waals surface area (Å²) in [5, 5.41) is 8.82. The van der Waals surface area contributed by atoms with Gasteiger partial charge in [-0.15, -0.1) is 0 Å². The van der Waals surface area contributed by atoms with Crippen molar-refractivity contribution in [3.05, 3.63) is 0 Å². The zero-order valence-corrected chi connectivity index (χ0v) is 10.7. The Hall–Kier alpha value is -0.590. The quantitative estimate of drug-likeness (QED) is 0.794. The molecule has 1 saturated heterocycles. The van der Waals surface area contributed by atoms with E-state index in [4.69, 9.17) is 11.0 Å². The first-order valence-electron chi connectivity index (χ1n) is 6.46. The molecule has 16 heavy (non-hydrogen) atoms. The normalized spacial score (nSPS) is 26.8. The van der Waals surface area contributed by atoms with Gasteiger partial charge in [-0.1, -0.05) is 6.92 Å². The van der Waals surface area contributed by atoms with E-state index < -0.39 is 5.54 Å². The van der Waals surface area contributed by atoms with Gasteiger partial charge in [-0.25, -0.2) is 0 Å². The first-order chi connectivity index (χ1) is 7.53. The van der Waals surface area contributed by atoms with Gasteiger partial charge < -0.3 is 10.6 Å². The van der Waals surface area contributed by atoms with E-state index in [1.807, 2.05) is 6.92 Å². The molecule has 0 bridgehead atoms. The third-order valence-corrected chi connectivity index (χ3v) is 3.54. The van der Waals surface area contributed by atoms with E-state index in [9.17, 15) is 0 Å². The molecule has 0 aromatic rings. The van der Waals surface area contributed by atoms with Crippen molar-refractivity contribution in [1.29, 1.82) is 5.26 Å². The van der Waals surface area contributed by atoms with Crippen LogP contribution in [0.2, 0.25) is 0 Å². The molecule has 2 atom stereocenters. The Labute approximate surface area is 99.6 Å². The Morgan fingerprint density at radius 3 is 2.88 bits per heavy atom. The molecule has 1 aliphatic rings. The Morgan fingerprint density at radius 2 is 2.19 bits per heavy atom. The van der Waals surface area contributed by atoms with Gasteiger partial charge in [-0.2, -0.15) is 5.26 Å². The number of nitrogens with two attached hydrogens (primary N) is 1. The van der Waals surface area contributed by atoms with Crippen molar-refractivity contribution in [3.8, 4) is 6.07 Å². The molecule has 3 nitrogen and oxygen atoms in total. The van der Waals surface area contributed by atoms with E-state index in [2.05, 4.69) is 17.9 Å². The molecule has 2 unspecified atom stereocenters. The smallest absolute Gasteiger partial charge is 0.101 e. The highest BCUT2D eigenvalue weighted by Crippen LogP contribution is 2.17. The molecule has 0 spiro atoms. The number of rotatable bonds is 4. The van der Waals surface area contributed by atoms with E-state index in [-0.39, 0.29) is 0 Å². The second-order valence-electron chi connectivity index (χ2n) is 5.51. The molecule has 0 saturated carbocycles. The van der Waals surface area contributed by atoms with Crippen molar-refractivity contribution in [1.82, 2.24) is 4.90 Å². The molecule has 0 aliphatic carbocycles. The molecule has 0 radical (unpaired) electrons. The molecule has 0 amide bonds. The highest BCUT2D eigenvalue weighted by molar-refractivity contribution is 5.00. The lowest BCUT2D eigenvalue weighted by molar-refractivity contribution is 0.269. The van der Waals surface area contributed by atoms with Gasteiger partial charge in [0.1, 0.15) is 5.54 Å². The van der Waals surface area contributed by atoms with Crippen LogP contribution in [-0.4, -0.2) is 30.1 Å². The van der Waals surface area contributed by atoms with Crippen LogP contribution in [0.5, 0.6) is 0 Å². The maximum atomic E-state index is 8.82. The minimum absolute atomic E-state index is 0.640. The number of nitriles is 1. The topological polar surface area (TPSA) is 53.0 Å². The van der Waals surface area contributed by atoms with Crippen molar-refractivity contribution < 1.29 is 0 Å². The van der Waals surface area contributed by atoms with Crippen LogP contribution < -0.4 is 5.73 Å². The fourth-order valence-corrected chi connectivity index (χ4v) is 2.27. The minimum Gasteiger partial charge on any atom is -0.314 e. The standard InChI is InChI=1S/C13H25N3/c1-12-5-3-8-16(10-6-12)9-4-7-13(2,15)11-14/h12H,3-10,15H2,1-2H3. The summed E-state index contributed by atoms with van der Waals surface area (Å²) in [7, 11) is 0. The fraction of sp³-hybridized carbons (Fsp3) is 0.923. The zero-order valence-electron chi connectivity index (χ0n) is 10.7. The van der Waals surface area contributed by atoms with Crippen molar-refractivity contribution in [3.63, 3.8) is 0 Å². The van der Waals surface area contributed by atoms with Gasteiger partial charge >= 0.3 is 0 Å². The second kappa shape index (κ2) is 6.22. The first kappa shape index (κ1) is 13.5. The van der Waals surface area contributed by atoms with Gasteiger partial charge in [-0.3, -0.25) is 0 Å². The van der Waals surface area contributed by atoms with Crippen molar-refractivity contribution in [2.45, 2.75) is 51.5 Å². The number of hydrogen-bond donors (Lipinski definition) is 1. The summed E-state index contributed by atoms with van der Waals surface area (Å²) in [6.45, 7) is 7.70. The molecular weight excluding hydrogens is 198 g/mol.